The zero-order valence-electron chi connectivity index (χ0n) is 12.7. The Morgan fingerprint density at radius 3 is 3.00 bits per heavy atom. The minimum absolute atomic E-state index is 0.0471. The Morgan fingerprint density at radius 1 is 1.57 bits per heavy atom. The summed E-state index contributed by atoms with van der Waals surface area (Å²) in [6.07, 6.45) is 0.855. The van der Waals surface area contributed by atoms with Crippen LogP contribution in [-0.4, -0.2) is 39.7 Å². The van der Waals surface area contributed by atoms with Crippen LogP contribution in [0.5, 0.6) is 0 Å². The van der Waals surface area contributed by atoms with Gasteiger partial charge in [-0.3, -0.25) is 4.79 Å². The fraction of sp³-hybridized carbons (Fsp3) is 0.467. The number of hydrogen-bond acceptors (Lipinski definition) is 6. The van der Waals surface area contributed by atoms with Gasteiger partial charge in [0.2, 0.25) is 0 Å². The molecule has 124 valence electrons. The van der Waals surface area contributed by atoms with Crippen LogP contribution in [0.3, 0.4) is 0 Å². The number of nitriles is 1. The number of carbonyl (C=O) groups is 1. The molecule has 1 aromatic carbocycles. The molecule has 8 heteroatoms. The van der Waals surface area contributed by atoms with Gasteiger partial charge >= 0.3 is 0 Å². The first-order valence-electron chi connectivity index (χ1n) is 7.22. The molecule has 0 radical (unpaired) electrons. The molecular formula is C15H18N2O5S. The van der Waals surface area contributed by atoms with Crippen LogP contribution in [0.25, 0.3) is 0 Å². The van der Waals surface area contributed by atoms with Crippen molar-refractivity contribution in [2.75, 3.05) is 13.2 Å². The number of ether oxygens (including phenoxy) is 2. The molecule has 1 aliphatic heterocycles. The molecule has 2 rings (SSSR count). The topological polar surface area (TPSA) is 105 Å². The molecule has 1 saturated heterocycles. The van der Waals surface area contributed by atoms with Crippen LogP contribution in [0.15, 0.2) is 29.2 Å². The standard InChI is InChI=1S/C15H18N2O5S/c1-11(22-10-13-5-3-7-21-13)15(18)17-23(19,20)14-6-2-4-12(8-14)9-16/h2,4,6,8,11,13H,3,5,7,10H2,1H3,(H,17,18)/t11-,13-/m1/s1. The van der Waals surface area contributed by atoms with Crippen molar-refractivity contribution in [3.63, 3.8) is 0 Å². The summed E-state index contributed by atoms with van der Waals surface area (Å²) in [5.74, 6) is -0.759. The van der Waals surface area contributed by atoms with Gasteiger partial charge in [0, 0.05) is 6.61 Å². The van der Waals surface area contributed by atoms with Gasteiger partial charge in [-0.05, 0) is 38.0 Å². The van der Waals surface area contributed by atoms with Crippen molar-refractivity contribution in [2.45, 2.75) is 36.9 Å². The first kappa shape index (κ1) is 17.4. The second-order valence-corrected chi connectivity index (χ2v) is 6.90. The number of sulfonamides is 1. The van der Waals surface area contributed by atoms with Gasteiger partial charge < -0.3 is 9.47 Å². The number of benzene rings is 1. The third kappa shape index (κ3) is 4.76. The first-order chi connectivity index (χ1) is 10.9. The van der Waals surface area contributed by atoms with Crippen molar-refractivity contribution in [1.82, 2.24) is 4.72 Å². The van der Waals surface area contributed by atoms with E-state index >= 15 is 0 Å². The molecule has 1 amide bonds. The largest absolute Gasteiger partial charge is 0.376 e. The Labute approximate surface area is 135 Å². The van der Waals surface area contributed by atoms with Crippen molar-refractivity contribution in [3.8, 4) is 6.07 Å². The number of amides is 1. The summed E-state index contributed by atoms with van der Waals surface area (Å²) < 4.78 is 37.0. The second-order valence-electron chi connectivity index (χ2n) is 5.22. The van der Waals surface area contributed by atoms with Gasteiger partial charge in [0.15, 0.2) is 0 Å². The molecule has 0 unspecified atom stereocenters. The Kier molecular flexibility index (Phi) is 5.71. The van der Waals surface area contributed by atoms with E-state index in [0.717, 1.165) is 12.8 Å². The second kappa shape index (κ2) is 7.55. The summed E-state index contributed by atoms with van der Waals surface area (Å²) in [5, 5.41) is 8.81. The summed E-state index contributed by atoms with van der Waals surface area (Å²) in [6, 6.07) is 7.29. The van der Waals surface area contributed by atoms with E-state index in [1.807, 2.05) is 10.8 Å². The Morgan fingerprint density at radius 2 is 2.35 bits per heavy atom. The van der Waals surface area contributed by atoms with Gasteiger partial charge in [0.25, 0.3) is 15.9 Å². The molecule has 2 atom stereocenters. The maximum atomic E-state index is 12.2. The molecule has 0 bridgehead atoms. The molecule has 1 aromatic rings. The molecule has 1 aliphatic rings. The molecular weight excluding hydrogens is 320 g/mol. The lowest BCUT2D eigenvalue weighted by atomic mass is 10.2. The van der Waals surface area contributed by atoms with Gasteiger partial charge in [-0.1, -0.05) is 6.07 Å². The van der Waals surface area contributed by atoms with Crippen molar-refractivity contribution in [2.24, 2.45) is 0 Å². The van der Waals surface area contributed by atoms with Crippen molar-refractivity contribution >= 4 is 15.9 Å². The highest BCUT2D eigenvalue weighted by atomic mass is 32.2. The lowest BCUT2D eigenvalue weighted by Crippen LogP contribution is -2.39. The summed E-state index contributed by atoms with van der Waals surface area (Å²) in [7, 11) is -4.04. The average Bonchev–Trinajstić information content (AvgIpc) is 3.05. The molecule has 0 aromatic heterocycles. The molecule has 0 aliphatic carbocycles. The fourth-order valence-corrected chi connectivity index (χ4v) is 3.20. The maximum absolute atomic E-state index is 12.2. The summed E-state index contributed by atoms with van der Waals surface area (Å²) in [5.41, 5.74) is 0.197. The average molecular weight is 338 g/mol. The highest BCUT2D eigenvalue weighted by molar-refractivity contribution is 7.90. The summed E-state index contributed by atoms with van der Waals surface area (Å²) >= 11 is 0. The smallest absolute Gasteiger partial charge is 0.264 e. The molecule has 1 fully saturated rings. The fourth-order valence-electron chi connectivity index (χ4n) is 2.11. The van der Waals surface area contributed by atoms with Gasteiger partial charge in [0.05, 0.1) is 29.2 Å². The van der Waals surface area contributed by atoms with Gasteiger partial charge in [0.1, 0.15) is 6.10 Å². The van der Waals surface area contributed by atoms with Crippen LogP contribution in [0, 0.1) is 11.3 Å². The lowest BCUT2D eigenvalue weighted by Gasteiger charge is -2.16. The zero-order chi connectivity index (χ0) is 16.9. The van der Waals surface area contributed by atoms with E-state index in [1.54, 1.807) is 0 Å². The quantitative estimate of drug-likeness (QED) is 0.828. The molecule has 0 spiro atoms. The predicted octanol–water partition coefficient (Wildman–Crippen LogP) is 0.947. The van der Waals surface area contributed by atoms with Crippen LogP contribution in [0.4, 0.5) is 0 Å². The summed E-state index contributed by atoms with van der Waals surface area (Å²) in [6.45, 7) is 2.41. The van der Waals surface area contributed by atoms with E-state index in [9.17, 15) is 13.2 Å². The third-order valence-electron chi connectivity index (χ3n) is 3.43. The van der Waals surface area contributed by atoms with E-state index in [1.165, 1.54) is 31.2 Å². The number of carbonyl (C=O) groups excluding carboxylic acids is 1. The third-order valence-corrected chi connectivity index (χ3v) is 4.78. The SMILES string of the molecule is C[C@@H](OC[C@H]1CCCO1)C(=O)NS(=O)(=O)c1cccc(C#N)c1. The molecule has 0 saturated carbocycles. The van der Waals surface area contributed by atoms with Crippen molar-refractivity contribution in [1.29, 1.82) is 5.26 Å². The van der Waals surface area contributed by atoms with E-state index in [0.29, 0.717) is 6.61 Å². The number of rotatable bonds is 6. The summed E-state index contributed by atoms with van der Waals surface area (Å²) in [4.78, 5) is 11.8. The Balaban J connectivity index is 1.95. The normalized spacial score (nSPS) is 19.0. The van der Waals surface area contributed by atoms with Crippen LogP contribution in [0.1, 0.15) is 25.3 Å². The number of hydrogen-bond donors (Lipinski definition) is 1. The Hall–Kier alpha value is -1.95. The van der Waals surface area contributed by atoms with E-state index in [4.69, 9.17) is 14.7 Å². The highest BCUT2D eigenvalue weighted by Gasteiger charge is 2.24. The lowest BCUT2D eigenvalue weighted by molar-refractivity contribution is -0.131. The number of nitrogens with one attached hydrogen (secondary N) is 1. The van der Waals surface area contributed by atoms with Gasteiger partial charge in [-0.2, -0.15) is 5.26 Å². The molecule has 7 nitrogen and oxygen atoms in total. The highest BCUT2D eigenvalue weighted by Crippen LogP contribution is 2.14. The Bertz CT molecular complexity index is 705. The molecule has 1 N–H and O–H groups in total. The van der Waals surface area contributed by atoms with Crippen molar-refractivity contribution in [3.05, 3.63) is 29.8 Å². The van der Waals surface area contributed by atoms with Crippen molar-refractivity contribution < 1.29 is 22.7 Å². The van der Waals surface area contributed by atoms with Crippen LogP contribution >= 0.6 is 0 Å². The van der Waals surface area contributed by atoms with E-state index in [2.05, 4.69) is 0 Å². The maximum Gasteiger partial charge on any atom is 0.264 e. The monoisotopic (exact) mass is 338 g/mol. The van der Waals surface area contributed by atoms with E-state index in [-0.39, 0.29) is 23.2 Å². The minimum Gasteiger partial charge on any atom is -0.376 e. The number of nitrogens with zero attached hydrogens (tertiary/aromatic N) is 1. The molecule has 1 heterocycles. The van der Waals surface area contributed by atoms with Gasteiger partial charge in [-0.25, -0.2) is 13.1 Å². The van der Waals surface area contributed by atoms with Gasteiger partial charge in [-0.15, -0.1) is 0 Å². The van der Waals surface area contributed by atoms with E-state index < -0.39 is 22.0 Å². The first-order valence-corrected chi connectivity index (χ1v) is 8.71. The van der Waals surface area contributed by atoms with Crippen LogP contribution in [0.2, 0.25) is 0 Å². The molecule has 23 heavy (non-hydrogen) atoms. The minimum atomic E-state index is -4.04. The van der Waals surface area contributed by atoms with Crippen LogP contribution in [-0.2, 0) is 24.3 Å². The predicted molar refractivity (Wildman–Crippen MR) is 80.9 cm³/mol. The zero-order valence-corrected chi connectivity index (χ0v) is 13.5. The van der Waals surface area contributed by atoms with Crippen LogP contribution < -0.4 is 4.72 Å².